The van der Waals surface area contributed by atoms with Crippen LogP contribution in [0.15, 0.2) is 36.4 Å². The first-order valence-corrected chi connectivity index (χ1v) is 6.11. The number of fused-ring (bicyclic) bond motifs is 1. The van der Waals surface area contributed by atoms with Crippen molar-refractivity contribution in [3.05, 3.63) is 42.0 Å². The molecule has 0 bridgehead atoms. The summed E-state index contributed by atoms with van der Waals surface area (Å²) in [4.78, 5) is 11.0. The minimum atomic E-state index is -0.836. The summed E-state index contributed by atoms with van der Waals surface area (Å²) in [5.74, 6) is -0.0174. The van der Waals surface area contributed by atoms with Crippen molar-refractivity contribution in [1.29, 1.82) is 0 Å². The van der Waals surface area contributed by atoms with Crippen molar-refractivity contribution in [2.75, 3.05) is 14.2 Å². The van der Waals surface area contributed by atoms with Crippen LogP contribution in [0.4, 0.5) is 0 Å². The van der Waals surface area contributed by atoms with Crippen LogP contribution in [-0.2, 0) is 11.2 Å². The summed E-state index contributed by atoms with van der Waals surface area (Å²) in [5, 5.41) is 14.0. The highest BCUT2D eigenvalue weighted by Gasteiger charge is 2.15. The topological polar surface area (TPSA) is 58.6 Å². The fourth-order valence-electron chi connectivity index (χ4n) is 2.08. The molecule has 0 aromatic heterocycles. The minimum Gasteiger partial charge on any atom is -0.497 e. The summed E-state index contributed by atoms with van der Waals surface area (Å²) in [6, 6.07) is 11.2. The Labute approximate surface area is 112 Å². The Balaban J connectivity index is 2.29. The first-order valence-electron chi connectivity index (χ1n) is 6.11. The van der Waals surface area contributed by atoms with Crippen LogP contribution in [0.1, 0.15) is 5.56 Å². The molecule has 4 nitrogen and oxygen atoms in total. The standard InChI is InChI=1S/C15H17NO3/c1-16-14(15(17)18)8-10-3-4-12-9-13(19-2)6-5-11(12)7-10/h3-7,9,14,16H,8H2,1-2H3,(H,17,18). The van der Waals surface area contributed by atoms with E-state index in [9.17, 15) is 4.79 Å². The summed E-state index contributed by atoms with van der Waals surface area (Å²) in [7, 11) is 3.30. The lowest BCUT2D eigenvalue weighted by atomic mass is 10.0. The monoisotopic (exact) mass is 259 g/mol. The van der Waals surface area contributed by atoms with Crippen LogP contribution in [-0.4, -0.2) is 31.3 Å². The number of rotatable bonds is 5. The third-order valence-corrected chi connectivity index (χ3v) is 3.20. The normalized spacial score (nSPS) is 12.3. The maximum atomic E-state index is 11.0. The number of carbonyl (C=O) groups is 1. The summed E-state index contributed by atoms with van der Waals surface area (Å²) in [5.41, 5.74) is 0.999. The van der Waals surface area contributed by atoms with Crippen molar-refractivity contribution >= 4 is 16.7 Å². The van der Waals surface area contributed by atoms with E-state index in [-0.39, 0.29) is 0 Å². The highest BCUT2D eigenvalue weighted by molar-refractivity contribution is 5.84. The SMILES string of the molecule is CNC(Cc1ccc2cc(OC)ccc2c1)C(=O)O. The minimum absolute atomic E-state index is 0.466. The number of aliphatic carboxylic acids is 1. The molecule has 0 amide bonds. The second-order valence-electron chi connectivity index (χ2n) is 4.43. The Bertz CT molecular complexity index is 595. The van der Waals surface area contributed by atoms with Gasteiger partial charge in [0.15, 0.2) is 0 Å². The van der Waals surface area contributed by atoms with E-state index in [0.717, 1.165) is 22.1 Å². The molecule has 1 atom stereocenters. The second kappa shape index (κ2) is 5.71. The number of hydrogen-bond acceptors (Lipinski definition) is 3. The zero-order valence-corrected chi connectivity index (χ0v) is 11.0. The Hall–Kier alpha value is -2.07. The average Bonchev–Trinajstić information content (AvgIpc) is 2.43. The number of benzene rings is 2. The maximum Gasteiger partial charge on any atom is 0.321 e. The van der Waals surface area contributed by atoms with Gasteiger partial charge in [-0.15, -0.1) is 0 Å². The molecule has 19 heavy (non-hydrogen) atoms. The van der Waals surface area contributed by atoms with Gasteiger partial charge in [-0.1, -0.05) is 24.3 Å². The number of hydrogen-bond donors (Lipinski definition) is 2. The number of likely N-dealkylation sites (N-methyl/N-ethyl adjacent to an activating group) is 1. The van der Waals surface area contributed by atoms with Crippen molar-refractivity contribution in [1.82, 2.24) is 5.32 Å². The van der Waals surface area contributed by atoms with Crippen LogP contribution in [0.5, 0.6) is 5.75 Å². The molecule has 100 valence electrons. The Morgan fingerprint density at radius 1 is 1.26 bits per heavy atom. The van der Waals surface area contributed by atoms with E-state index in [1.807, 2.05) is 36.4 Å². The average molecular weight is 259 g/mol. The lowest BCUT2D eigenvalue weighted by molar-refractivity contribution is -0.139. The number of methoxy groups -OCH3 is 1. The van der Waals surface area contributed by atoms with Crippen LogP contribution in [0.2, 0.25) is 0 Å². The summed E-state index contributed by atoms with van der Waals surface area (Å²) in [6.45, 7) is 0. The van der Waals surface area contributed by atoms with Crippen molar-refractivity contribution in [3.63, 3.8) is 0 Å². The van der Waals surface area contributed by atoms with Gasteiger partial charge in [-0.2, -0.15) is 0 Å². The molecule has 0 saturated heterocycles. The molecule has 2 aromatic carbocycles. The van der Waals surface area contributed by atoms with Gasteiger partial charge in [-0.05, 0) is 41.9 Å². The number of nitrogens with one attached hydrogen (secondary N) is 1. The third-order valence-electron chi connectivity index (χ3n) is 3.20. The molecule has 0 aliphatic rings. The maximum absolute atomic E-state index is 11.0. The first-order chi connectivity index (χ1) is 9.13. The second-order valence-corrected chi connectivity index (χ2v) is 4.43. The molecule has 0 aliphatic heterocycles. The zero-order chi connectivity index (χ0) is 13.8. The van der Waals surface area contributed by atoms with Gasteiger partial charge in [0, 0.05) is 0 Å². The molecule has 0 fully saturated rings. The molecule has 0 aliphatic carbocycles. The first kappa shape index (κ1) is 13.4. The lowest BCUT2D eigenvalue weighted by Crippen LogP contribution is -2.35. The number of ether oxygens (including phenoxy) is 1. The molecule has 0 radical (unpaired) electrons. The molecular formula is C15H17NO3. The van der Waals surface area contributed by atoms with Crippen LogP contribution in [0.25, 0.3) is 10.8 Å². The van der Waals surface area contributed by atoms with Crippen LogP contribution in [0.3, 0.4) is 0 Å². The zero-order valence-electron chi connectivity index (χ0n) is 11.0. The Morgan fingerprint density at radius 2 is 1.95 bits per heavy atom. The molecule has 0 saturated carbocycles. The number of carboxylic acid groups (broad SMARTS) is 1. The van der Waals surface area contributed by atoms with Gasteiger partial charge in [0.25, 0.3) is 0 Å². The van der Waals surface area contributed by atoms with E-state index < -0.39 is 12.0 Å². The smallest absolute Gasteiger partial charge is 0.321 e. The van der Waals surface area contributed by atoms with Crippen molar-refractivity contribution in [2.24, 2.45) is 0 Å². The fraction of sp³-hybridized carbons (Fsp3) is 0.267. The molecular weight excluding hydrogens is 242 g/mol. The van der Waals surface area contributed by atoms with E-state index in [1.165, 1.54) is 0 Å². The van der Waals surface area contributed by atoms with Crippen molar-refractivity contribution in [3.8, 4) is 5.75 Å². The third kappa shape index (κ3) is 3.03. The Kier molecular flexibility index (Phi) is 4.02. The molecule has 2 N–H and O–H groups in total. The van der Waals surface area contributed by atoms with Crippen molar-refractivity contribution in [2.45, 2.75) is 12.5 Å². The van der Waals surface area contributed by atoms with E-state index in [0.29, 0.717) is 6.42 Å². The molecule has 0 spiro atoms. The fourth-order valence-corrected chi connectivity index (χ4v) is 2.08. The van der Waals surface area contributed by atoms with Gasteiger partial charge >= 0.3 is 5.97 Å². The molecule has 1 unspecified atom stereocenters. The van der Waals surface area contributed by atoms with Gasteiger partial charge in [-0.3, -0.25) is 4.79 Å². The Morgan fingerprint density at radius 3 is 2.58 bits per heavy atom. The number of carboxylic acids is 1. The lowest BCUT2D eigenvalue weighted by Gasteiger charge is -2.11. The molecule has 0 heterocycles. The van der Waals surface area contributed by atoms with Crippen molar-refractivity contribution < 1.29 is 14.6 Å². The quantitative estimate of drug-likeness (QED) is 0.863. The highest BCUT2D eigenvalue weighted by atomic mass is 16.5. The molecule has 4 heteroatoms. The summed E-state index contributed by atoms with van der Waals surface area (Å²) < 4.78 is 5.18. The van der Waals surface area contributed by atoms with Crippen LogP contribution in [0, 0.1) is 0 Å². The largest absolute Gasteiger partial charge is 0.497 e. The van der Waals surface area contributed by atoms with Gasteiger partial charge in [0.1, 0.15) is 11.8 Å². The van der Waals surface area contributed by atoms with E-state index in [1.54, 1.807) is 14.2 Å². The van der Waals surface area contributed by atoms with E-state index in [2.05, 4.69) is 5.32 Å². The van der Waals surface area contributed by atoms with Crippen LogP contribution < -0.4 is 10.1 Å². The highest BCUT2D eigenvalue weighted by Crippen LogP contribution is 2.22. The molecule has 2 rings (SSSR count). The van der Waals surface area contributed by atoms with Gasteiger partial charge in [-0.25, -0.2) is 0 Å². The van der Waals surface area contributed by atoms with Gasteiger partial charge < -0.3 is 15.2 Å². The van der Waals surface area contributed by atoms with E-state index >= 15 is 0 Å². The predicted molar refractivity (Wildman–Crippen MR) is 74.7 cm³/mol. The van der Waals surface area contributed by atoms with E-state index in [4.69, 9.17) is 9.84 Å². The van der Waals surface area contributed by atoms with Crippen LogP contribution >= 0.6 is 0 Å². The summed E-state index contributed by atoms with van der Waals surface area (Å²) >= 11 is 0. The van der Waals surface area contributed by atoms with Gasteiger partial charge in [0.05, 0.1) is 7.11 Å². The predicted octanol–water partition coefficient (Wildman–Crippen LogP) is 2.06. The van der Waals surface area contributed by atoms with Gasteiger partial charge in [0.2, 0.25) is 0 Å². The summed E-state index contributed by atoms with van der Waals surface area (Å²) in [6.07, 6.45) is 0.466. The molecule has 2 aromatic rings.